The van der Waals surface area contributed by atoms with Crippen molar-refractivity contribution in [2.24, 2.45) is 0 Å². The monoisotopic (exact) mass is 399 g/mol. The van der Waals surface area contributed by atoms with Gasteiger partial charge in [-0.05, 0) is 49.1 Å². The van der Waals surface area contributed by atoms with E-state index >= 15 is 0 Å². The van der Waals surface area contributed by atoms with E-state index < -0.39 is 0 Å². The molecule has 0 fully saturated rings. The lowest BCUT2D eigenvalue weighted by Gasteiger charge is -2.09. The Hall–Kier alpha value is -1.90. The van der Waals surface area contributed by atoms with Crippen molar-refractivity contribution in [3.05, 3.63) is 47.9 Å². The van der Waals surface area contributed by atoms with Gasteiger partial charge >= 0.3 is 0 Å². The summed E-state index contributed by atoms with van der Waals surface area (Å²) in [5, 5.41) is 0. The van der Waals surface area contributed by atoms with Crippen molar-refractivity contribution in [1.82, 2.24) is 4.98 Å². The van der Waals surface area contributed by atoms with E-state index in [1.54, 1.807) is 6.07 Å². The third-order valence-corrected chi connectivity index (χ3v) is 5.38. The third-order valence-electron chi connectivity index (χ3n) is 5.38. The van der Waals surface area contributed by atoms with Crippen molar-refractivity contribution in [3.8, 4) is 17.0 Å². The van der Waals surface area contributed by atoms with Crippen molar-refractivity contribution < 1.29 is 9.13 Å². The van der Waals surface area contributed by atoms with Crippen LogP contribution in [0.25, 0.3) is 11.3 Å². The van der Waals surface area contributed by atoms with Crippen LogP contribution in [0.1, 0.15) is 90.0 Å². The number of ether oxygens (including phenoxy) is 1. The molecule has 0 bridgehead atoms. The molecule has 0 radical (unpaired) electrons. The highest BCUT2D eigenvalue weighted by molar-refractivity contribution is 5.60. The van der Waals surface area contributed by atoms with Crippen molar-refractivity contribution >= 4 is 0 Å². The molecule has 0 N–H and O–H groups in total. The summed E-state index contributed by atoms with van der Waals surface area (Å²) in [5.41, 5.74) is 2.86. The summed E-state index contributed by atoms with van der Waals surface area (Å²) in [6.45, 7) is 5.00. The molecule has 1 aromatic heterocycles. The molecule has 2 aromatic rings. The zero-order valence-corrected chi connectivity index (χ0v) is 18.4. The molecule has 0 unspecified atom stereocenters. The maximum absolute atomic E-state index is 14.4. The molecule has 0 atom stereocenters. The lowest BCUT2D eigenvalue weighted by Crippen LogP contribution is -1.99. The number of nitrogens with zero attached hydrogens (tertiary/aromatic N) is 1. The molecule has 0 aliphatic carbocycles. The van der Waals surface area contributed by atoms with Gasteiger partial charge in [0.1, 0.15) is 0 Å². The number of hydrogen-bond donors (Lipinski definition) is 0. The molecule has 0 saturated heterocycles. The normalized spacial score (nSPS) is 11.0. The van der Waals surface area contributed by atoms with Crippen LogP contribution in [0.2, 0.25) is 0 Å². The molecule has 3 heteroatoms. The average molecular weight is 400 g/mol. The summed E-state index contributed by atoms with van der Waals surface area (Å²) < 4.78 is 19.9. The molecule has 1 heterocycles. The molecule has 2 rings (SSSR count). The fourth-order valence-electron chi connectivity index (χ4n) is 3.52. The standard InChI is InChI=1S/C26H38FNO/c1-3-5-7-9-10-11-12-14-22-15-17-25(28-21-22)23-16-18-26(24(27)20-23)29-19-13-8-6-4-2/h15-18,20-21H,3-14,19H2,1-2H3. The van der Waals surface area contributed by atoms with Gasteiger partial charge in [0.15, 0.2) is 11.6 Å². The number of aromatic nitrogens is 1. The smallest absolute Gasteiger partial charge is 0.165 e. The highest BCUT2D eigenvalue weighted by Gasteiger charge is 2.07. The molecule has 2 nitrogen and oxygen atoms in total. The van der Waals surface area contributed by atoms with E-state index in [1.807, 2.05) is 18.3 Å². The number of unbranched alkanes of at least 4 members (excludes halogenated alkanes) is 9. The van der Waals surface area contributed by atoms with Gasteiger partial charge in [-0.15, -0.1) is 0 Å². The van der Waals surface area contributed by atoms with Crippen molar-refractivity contribution in [2.75, 3.05) is 6.61 Å². The van der Waals surface area contributed by atoms with E-state index in [9.17, 15) is 4.39 Å². The van der Waals surface area contributed by atoms with Gasteiger partial charge in [0.2, 0.25) is 0 Å². The van der Waals surface area contributed by atoms with Crippen LogP contribution < -0.4 is 4.74 Å². The number of benzene rings is 1. The molecule has 0 aliphatic rings. The van der Waals surface area contributed by atoms with Gasteiger partial charge in [0, 0.05) is 11.8 Å². The largest absolute Gasteiger partial charge is 0.491 e. The molecular weight excluding hydrogens is 361 g/mol. The van der Waals surface area contributed by atoms with Crippen LogP contribution in [-0.2, 0) is 6.42 Å². The van der Waals surface area contributed by atoms with Crippen LogP contribution in [0.15, 0.2) is 36.5 Å². The number of pyridine rings is 1. The first-order chi connectivity index (χ1) is 14.2. The highest BCUT2D eigenvalue weighted by Crippen LogP contribution is 2.25. The second kappa shape index (κ2) is 14.1. The van der Waals surface area contributed by atoms with Gasteiger partial charge in [-0.1, -0.05) is 77.7 Å². The van der Waals surface area contributed by atoms with E-state index in [0.717, 1.165) is 30.5 Å². The maximum Gasteiger partial charge on any atom is 0.165 e. The van der Waals surface area contributed by atoms with Crippen LogP contribution in [0.4, 0.5) is 4.39 Å². The molecule has 0 amide bonds. The Morgan fingerprint density at radius 3 is 2.14 bits per heavy atom. The summed E-state index contributed by atoms with van der Waals surface area (Å²) in [6.07, 6.45) is 16.7. The minimum Gasteiger partial charge on any atom is -0.491 e. The first-order valence-electron chi connectivity index (χ1n) is 11.6. The minimum atomic E-state index is -0.313. The molecule has 0 saturated carbocycles. The predicted molar refractivity (Wildman–Crippen MR) is 121 cm³/mol. The average Bonchev–Trinajstić information content (AvgIpc) is 2.74. The second-order valence-corrected chi connectivity index (χ2v) is 7.98. The number of halogens is 1. The van der Waals surface area contributed by atoms with E-state index in [1.165, 1.54) is 69.4 Å². The number of hydrogen-bond acceptors (Lipinski definition) is 2. The number of rotatable bonds is 15. The van der Waals surface area contributed by atoms with E-state index in [0.29, 0.717) is 12.4 Å². The lowest BCUT2D eigenvalue weighted by atomic mass is 10.0. The Bertz CT molecular complexity index is 684. The quantitative estimate of drug-likeness (QED) is 0.282. The van der Waals surface area contributed by atoms with Gasteiger partial charge in [0.25, 0.3) is 0 Å². The molecule has 160 valence electrons. The third kappa shape index (κ3) is 8.97. The summed E-state index contributed by atoms with van der Waals surface area (Å²) >= 11 is 0. The SMILES string of the molecule is CCCCCCCCCc1ccc(-c2ccc(OCCCCCC)c(F)c2)nc1. The minimum absolute atomic E-state index is 0.313. The van der Waals surface area contributed by atoms with Crippen LogP contribution in [0, 0.1) is 5.82 Å². The van der Waals surface area contributed by atoms with Crippen molar-refractivity contribution in [2.45, 2.75) is 90.9 Å². The van der Waals surface area contributed by atoms with E-state index in [2.05, 4.69) is 24.9 Å². The summed E-state index contributed by atoms with van der Waals surface area (Å²) in [5.74, 6) is 0.0211. The number of aryl methyl sites for hydroxylation is 1. The Morgan fingerprint density at radius 1 is 0.793 bits per heavy atom. The van der Waals surface area contributed by atoms with Crippen molar-refractivity contribution in [3.63, 3.8) is 0 Å². The molecule has 0 aliphatic heterocycles. The first kappa shape index (κ1) is 23.4. The van der Waals surface area contributed by atoms with Gasteiger partial charge < -0.3 is 4.74 Å². The fourth-order valence-corrected chi connectivity index (χ4v) is 3.52. The maximum atomic E-state index is 14.4. The topological polar surface area (TPSA) is 22.1 Å². The zero-order chi connectivity index (χ0) is 20.7. The predicted octanol–water partition coefficient (Wildman–Crippen LogP) is 8.14. The Labute approximate surface area is 176 Å². The molecule has 0 spiro atoms. The zero-order valence-electron chi connectivity index (χ0n) is 18.4. The van der Waals surface area contributed by atoms with Gasteiger partial charge in [0.05, 0.1) is 12.3 Å². The highest BCUT2D eigenvalue weighted by atomic mass is 19.1. The van der Waals surface area contributed by atoms with Gasteiger partial charge in [-0.25, -0.2) is 4.39 Å². The van der Waals surface area contributed by atoms with Crippen LogP contribution in [-0.4, -0.2) is 11.6 Å². The molecular formula is C26H38FNO. The first-order valence-corrected chi connectivity index (χ1v) is 11.6. The van der Waals surface area contributed by atoms with Crippen LogP contribution in [0.5, 0.6) is 5.75 Å². The molecule has 29 heavy (non-hydrogen) atoms. The van der Waals surface area contributed by atoms with Gasteiger partial charge in [-0.3, -0.25) is 4.98 Å². The summed E-state index contributed by atoms with van der Waals surface area (Å²) in [7, 11) is 0. The van der Waals surface area contributed by atoms with Crippen LogP contribution >= 0.6 is 0 Å². The molecule has 1 aromatic carbocycles. The lowest BCUT2D eigenvalue weighted by molar-refractivity contribution is 0.290. The van der Waals surface area contributed by atoms with Crippen molar-refractivity contribution in [1.29, 1.82) is 0 Å². The Kier molecular flexibility index (Phi) is 11.4. The van der Waals surface area contributed by atoms with E-state index in [-0.39, 0.29) is 5.82 Å². The van der Waals surface area contributed by atoms with Crippen LogP contribution in [0.3, 0.4) is 0 Å². The summed E-state index contributed by atoms with van der Waals surface area (Å²) in [4.78, 5) is 4.55. The second-order valence-electron chi connectivity index (χ2n) is 7.98. The Morgan fingerprint density at radius 2 is 1.48 bits per heavy atom. The van der Waals surface area contributed by atoms with E-state index in [4.69, 9.17) is 4.74 Å². The Balaban J connectivity index is 1.77. The van der Waals surface area contributed by atoms with Gasteiger partial charge in [-0.2, -0.15) is 0 Å². The summed E-state index contributed by atoms with van der Waals surface area (Å²) in [6, 6.07) is 9.26. The fraction of sp³-hybridized carbons (Fsp3) is 0.577.